The standard InChI is InChI=1S/C15H23NOS/c1-10(2)13(18)14(17)16-12-8-6-11(7-9-12)15(3,4)5/h6-10,13,18H,1-5H3,(H,16,17). The highest BCUT2D eigenvalue weighted by Crippen LogP contribution is 2.23. The number of thiol groups is 1. The van der Waals surface area contributed by atoms with Crippen molar-refractivity contribution in [2.24, 2.45) is 5.92 Å². The van der Waals surface area contributed by atoms with Crippen LogP contribution in [0.25, 0.3) is 0 Å². The molecule has 0 bridgehead atoms. The Morgan fingerprint density at radius 1 is 1.17 bits per heavy atom. The van der Waals surface area contributed by atoms with Crippen LogP contribution in [0.3, 0.4) is 0 Å². The highest BCUT2D eigenvalue weighted by Gasteiger charge is 2.18. The normalized spacial score (nSPS) is 13.5. The molecule has 1 unspecified atom stereocenters. The smallest absolute Gasteiger partial charge is 0.237 e. The van der Waals surface area contributed by atoms with Crippen LogP contribution in [0, 0.1) is 5.92 Å². The van der Waals surface area contributed by atoms with Gasteiger partial charge in [-0.2, -0.15) is 12.6 Å². The Labute approximate surface area is 116 Å². The molecule has 2 nitrogen and oxygen atoms in total. The summed E-state index contributed by atoms with van der Waals surface area (Å²) in [5, 5.41) is 2.62. The van der Waals surface area contributed by atoms with E-state index in [1.54, 1.807) is 0 Å². The zero-order valence-corrected chi connectivity index (χ0v) is 12.7. The Kier molecular flexibility index (Phi) is 4.85. The average molecular weight is 265 g/mol. The SMILES string of the molecule is CC(C)C(S)C(=O)Nc1ccc(C(C)(C)C)cc1. The van der Waals surface area contributed by atoms with E-state index < -0.39 is 0 Å². The topological polar surface area (TPSA) is 29.1 Å². The monoisotopic (exact) mass is 265 g/mol. The van der Waals surface area contributed by atoms with Crippen molar-refractivity contribution in [2.45, 2.75) is 45.3 Å². The van der Waals surface area contributed by atoms with Crippen LogP contribution in [0.4, 0.5) is 5.69 Å². The number of rotatable bonds is 3. The minimum absolute atomic E-state index is 0.0446. The molecule has 1 atom stereocenters. The van der Waals surface area contributed by atoms with Gasteiger partial charge < -0.3 is 5.32 Å². The van der Waals surface area contributed by atoms with Crippen LogP contribution >= 0.6 is 12.6 Å². The molecule has 1 N–H and O–H groups in total. The predicted molar refractivity (Wildman–Crippen MR) is 81.4 cm³/mol. The number of amides is 1. The van der Waals surface area contributed by atoms with Crippen LogP contribution < -0.4 is 5.32 Å². The fourth-order valence-electron chi connectivity index (χ4n) is 1.57. The van der Waals surface area contributed by atoms with Gasteiger partial charge in [-0.3, -0.25) is 4.79 Å². The van der Waals surface area contributed by atoms with Crippen molar-refractivity contribution in [3.8, 4) is 0 Å². The number of anilines is 1. The van der Waals surface area contributed by atoms with Crippen LogP contribution in [0.1, 0.15) is 40.2 Å². The first-order chi connectivity index (χ1) is 8.21. The lowest BCUT2D eigenvalue weighted by molar-refractivity contribution is -0.116. The molecule has 0 radical (unpaired) electrons. The van der Waals surface area contributed by atoms with Gasteiger partial charge in [0.25, 0.3) is 0 Å². The Morgan fingerprint density at radius 3 is 2.06 bits per heavy atom. The van der Waals surface area contributed by atoms with E-state index in [-0.39, 0.29) is 22.5 Å². The molecule has 0 spiro atoms. The third-order valence-electron chi connectivity index (χ3n) is 2.92. The molecule has 0 heterocycles. The molecule has 100 valence electrons. The summed E-state index contributed by atoms with van der Waals surface area (Å²) in [6.07, 6.45) is 0. The van der Waals surface area contributed by atoms with Crippen molar-refractivity contribution in [3.63, 3.8) is 0 Å². The van der Waals surface area contributed by atoms with E-state index in [0.717, 1.165) is 5.69 Å². The molecule has 0 aliphatic heterocycles. The molecule has 0 saturated heterocycles. The molecule has 1 aromatic carbocycles. The summed E-state index contributed by atoms with van der Waals surface area (Å²) in [4.78, 5) is 11.8. The van der Waals surface area contributed by atoms with Crippen molar-refractivity contribution in [3.05, 3.63) is 29.8 Å². The van der Waals surface area contributed by atoms with E-state index in [0.29, 0.717) is 0 Å². The zero-order chi connectivity index (χ0) is 13.9. The first kappa shape index (κ1) is 15.1. The largest absolute Gasteiger partial charge is 0.325 e. The van der Waals surface area contributed by atoms with Gasteiger partial charge in [0.1, 0.15) is 0 Å². The molecule has 0 saturated carbocycles. The number of carbonyl (C=O) groups excluding carboxylic acids is 1. The first-order valence-corrected chi connectivity index (χ1v) is 6.83. The van der Waals surface area contributed by atoms with Crippen molar-refractivity contribution in [1.82, 2.24) is 0 Å². The summed E-state index contributed by atoms with van der Waals surface area (Å²) in [5.74, 6) is 0.180. The van der Waals surface area contributed by atoms with Crippen LogP contribution in [-0.4, -0.2) is 11.2 Å². The van der Waals surface area contributed by atoms with Crippen LogP contribution in [0.5, 0.6) is 0 Å². The number of hydrogen-bond acceptors (Lipinski definition) is 2. The van der Waals surface area contributed by atoms with Gasteiger partial charge in [0.05, 0.1) is 5.25 Å². The highest BCUT2D eigenvalue weighted by atomic mass is 32.1. The quantitative estimate of drug-likeness (QED) is 0.798. The number of nitrogens with one attached hydrogen (secondary N) is 1. The fraction of sp³-hybridized carbons (Fsp3) is 0.533. The summed E-state index contributed by atoms with van der Waals surface area (Å²) in [5.41, 5.74) is 2.21. The van der Waals surface area contributed by atoms with E-state index >= 15 is 0 Å². The zero-order valence-electron chi connectivity index (χ0n) is 11.8. The van der Waals surface area contributed by atoms with Crippen molar-refractivity contribution >= 4 is 24.2 Å². The molecule has 3 heteroatoms. The van der Waals surface area contributed by atoms with Crippen molar-refractivity contribution in [1.29, 1.82) is 0 Å². The maximum Gasteiger partial charge on any atom is 0.237 e. The molecule has 0 fully saturated rings. The Hall–Kier alpha value is -0.960. The third kappa shape index (κ3) is 4.05. The maximum absolute atomic E-state index is 11.8. The molecular weight excluding hydrogens is 242 g/mol. The second kappa shape index (κ2) is 5.79. The fourth-order valence-corrected chi connectivity index (χ4v) is 1.64. The van der Waals surface area contributed by atoms with Crippen LogP contribution in [0.2, 0.25) is 0 Å². The molecular formula is C15H23NOS. The summed E-state index contributed by atoms with van der Waals surface area (Å²) < 4.78 is 0. The Morgan fingerprint density at radius 2 is 1.67 bits per heavy atom. The van der Waals surface area contributed by atoms with E-state index in [1.807, 2.05) is 26.0 Å². The van der Waals surface area contributed by atoms with Gasteiger partial charge in [0.15, 0.2) is 0 Å². The Bertz CT molecular complexity index is 403. The lowest BCUT2D eigenvalue weighted by Crippen LogP contribution is -2.27. The molecule has 0 aliphatic rings. The number of hydrogen-bond donors (Lipinski definition) is 2. The van der Waals surface area contributed by atoms with Gasteiger partial charge in [-0.25, -0.2) is 0 Å². The predicted octanol–water partition coefficient (Wildman–Crippen LogP) is 3.88. The van der Waals surface area contributed by atoms with Crippen molar-refractivity contribution < 1.29 is 4.79 Å². The molecule has 18 heavy (non-hydrogen) atoms. The Balaban J connectivity index is 2.73. The maximum atomic E-state index is 11.8. The summed E-state index contributed by atoms with van der Waals surface area (Å²) in [7, 11) is 0. The van der Waals surface area contributed by atoms with Gasteiger partial charge in [-0.05, 0) is 29.0 Å². The molecule has 0 aliphatic carbocycles. The summed E-state index contributed by atoms with van der Waals surface area (Å²) in [6, 6.07) is 8.00. The van der Waals surface area contributed by atoms with Gasteiger partial charge in [0, 0.05) is 5.69 Å². The number of carbonyl (C=O) groups is 1. The van der Waals surface area contributed by atoms with Gasteiger partial charge in [0.2, 0.25) is 5.91 Å². The minimum atomic E-state index is -0.271. The average Bonchev–Trinajstić information content (AvgIpc) is 2.27. The van der Waals surface area contributed by atoms with Crippen molar-refractivity contribution in [2.75, 3.05) is 5.32 Å². The molecule has 1 rings (SSSR count). The lowest BCUT2D eigenvalue weighted by Gasteiger charge is -2.20. The molecule has 1 aromatic rings. The molecule has 1 amide bonds. The summed E-state index contributed by atoms with van der Waals surface area (Å²) >= 11 is 4.30. The second-order valence-corrected chi connectivity index (χ2v) is 6.56. The van der Waals surface area contributed by atoms with Crippen LogP contribution in [-0.2, 0) is 10.2 Å². The van der Waals surface area contributed by atoms with E-state index in [2.05, 4.69) is 50.8 Å². The minimum Gasteiger partial charge on any atom is -0.325 e. The van der Waals surface area contributed by atoms with Crippen LogP contribution in [0.15, 0.2) is 24.3 Å². The van der Waals surface area contributed by atoms with Gasteiger partial charge >= 0.3 is 0 Å². The van der Waals surface area contributed by atoms with Gasteiger partial charge in [-0.15, -0.1) is 0 Å². The first-order valence-electron chi connectivity index (χ1n) is 6.31. The lowest BCUT2D eigenvalue weighted by atomic mass is 9.87. The second-order valence-electron chi connectivity index (χ2n) is 6.01. The van der Waals surface area contributed by atoms with E-state index in [4.69, 9.17) is 0 Å². The summed E-state index contributed by atoms with van der Waals surface area (Å²) in [6.45, 7) is 10.5. The van der Waals surface area contributed by atoms with E-state index in [1.165, 1.54) is 5.56 Å². The van der Waals surface area contributed by atoms with E-state index in [9.17, 15) is 4.79 Å². The number of benzene rings is 1. The van der Waals surface area contributed by atoms with Gasteiger partial charge in [-0.1, -0.05) is 46.8 Å². The highest BCUT2D eigenvalue weighted by molar-refractivity contribution is 7.81. The third-order valence-corrected chi connectivity index (χ3v) is 3.75. The molecule has 0 aromatic heterocycles.